The second-order valence-electron chi connectivity index (χ2n) is 8.08. The SMILES string of the molecule is Cc1nn(Cc2ccccc2)c(C)c1CNC(=O)c1cnn(-c2cccc(C(F)(F)F)c2)c1C. The van der Waals surface area contributed by atoms with E-state index in [2.05, 4.69) is 15.5 Å². The Kier molecular flexibility index (Phi) is 6.28. The van der Waals surface area contributed by atoms with Crippen molar-refractivity contribution in [3.05, 3.63) is 100 Å². The number of aromatic nitrogens is 4. The molecule has 0 radical (unpaired) electrons. The molecule has 4 aromatic rings. The minimum atomic E-state index is -4.46. The molecule has 0 unspecified atom stereocenters. The molecular formula is C25H24F3N5O. The van der Waals surface area contributed by atoms with Crippen LogP contribution in [0.2, 0.25) is 0 Å². The summed E-state index contributed by atoms with van der Waals surface area (Å²) in [7, 11) is 0. The standard InChI is InChI=1S/C25H24F3N5O/c1-16-22(17(2)32(31-16)15-19-8-5-4-6-9-19)13-29-24(34)23-14-30-33(18(23)3)21-11-7-10-20(12-21)25(26,27)28/h4-12,14H,13,15H2,1-3H3,(H,29,34). The van der Waals surface area contributed by atoms with Crippen LogP contribution in [-0.2, 0) is 19.3 Å². The summed E-state index contributed by atoms with van der Waals surface area (Å²) in [4.78, 5) is 12.9. The largest absolute Gasteiger partial charge is 0.416 e. The maximum Gasteiger partial charge on any atom is 0.416 e. The van der Waals surface area contributed by atoms with Gasteiger partial charge in [-0.25, -0.2) is 4.68 Å². The zero-order chi connectivity index (χ0) is 24.5. The molecule has 0 saturated carbocycles. The van der Waals surface area contributed by atoms with Crippen LogP contribution in [0.25, 0.3) is 5.69 Å². The molecule has 34 heavy (non-hydrogen) atoms. The summed E-state index contributed by atoms with van der Waals surface area (Å²) in [5.74, 6) is -0.356. The first kappa shape index (κ1) is 23.3. The van der Waals surface area contributed by atoms with E-state index in [4.69, 9.17) is 0 Å². The number of nitrogens with zero attached hydrogens (tertiary/aromatic N) is 4. The van der Waals surface area contributed by atoms with E-state index >= 15 is 0 Å². The summed E-state index contributed by atoms with van der Waals surface area (Å²) < 4.78 is 42.4. The molecule has 9 heteroatoms. The van der Waals surface area contributed by atoms with Crippen LogP contribution in [0.1, 0.15) is 44.1 Å². The number of carbonyl (C=O) groups is 1. The number of nitrogens with one attached hydrogen (secondary N) is 1. The molecule has 0 atom stereocenters. The third-order valence-electron chi connectivity index (χ3n) is 5.80. The van der Waals surface area contributed by atoms with Crippen molar-refractivity contribution in [1.82, 2.24) is 24.9 Å². The van der Waals surface area contributed by atoms with Crippen LogP contribution in [0, 0.1) is 20.8 Å². The van der Waals surface area contributed by atoms with Crippen molar-refractivity contribution in [1.29, 1.82) is 0 Å². The van der Waals surface area contributed by atoms with Gasteiger partial charge in [-0.05, 0) is 44.5 Å². The van der Waals surface area contributed by atoms with Gasteiger partial charge in [0.2, 0.25) is 0 Å². The van der Waals surface area contributed by atoms with Crippen LogP contribution in [0.15, 0.2) is 60.8 Å². The summed E-state index contributed by atoms with van der Waals surface area (Å²) in [6, 6.07) is 14.8. The monoisotopic (exact) mass is 467 g/mol. The summed E-state index contributed by atoms with van der Waals surface area (Å²) in [5, 5.41) is 11.6. The zero-order valence-corrected chi connectivity index (χ0v) is 19.0. The minimum absolute atomic E-state index is 0.236. The van der Waals surface area contributed by atoms with Crippen molar-refractivity contribution in [2.24, 2.45) is 0 Å². The Morgan fingerprint density at radius 2 is 1.74 bits per heavy atom. The molecule has 1 N–H and O–H groups in total. The highest BCUT2D eigenvalue weighted by molar-refractivity contribution is 5.95. The summed E-state index contributed by atoms with van der Waals surface area (Å²) in [6.45, 7) is 6.41. The molecule has 0 bridgehead atoms. The first-order valence-corrected chi connectivity index (χ1v) is 10.7. The Morgan fingerprint density at radius 1 is 1.00 bits per heavy atom. The summed E-state index contributed by atoms with van der Waals surface area (Å²) in [5.41, 5.74) is 4.04. The molecule has 176 valence electrons. The van der Waals surface area contributed by atoms with E-state index in [1.165, 1.54) is 23.0 Å². The van der Waals surface area contributed by atoms with Gasteiger partial charge in [0, 0.05) is 17.8 Å². The lowest BCUT2D eigenvalue weighted by Gasteiger charge is -2.10. The van der Waals surface area contributed by atoms with Gasteiger partial charge >= 0.3 is 6.18 Å². The third kappa shape index (κ3) is 4.73. The number of alkyl halides is 3. The first-order chi connectivity index (χ1) is 16.1. The molecule has 0 aliphatic carbocycles. The number of amides is 1. The van der Waals surface area contributed by atoms with E-state index in [1.807, 2.05) is 48.9 Å². The Balaban J connectivity index is 1.49. The van der Waals surface area contributed by atoms with Crippen LogP contribution in [0.4, 0.5) is 13.2 Å². The predicted octanol–water partition coefficient (Wildman–Crippen LogP) is 4.99. The van der Waals surface area contributed by atoms with Gasteiger partial charge < -0.3 is 5.32 Å². The van der Waals surface area contributed by atoms with Crippen LogP contribution >= 0.6 is 0 Å². The molecule has 6 nitrogen and oxygen atoms in total. The van der Waals surface area contributed by atoms with Crippen molar-refractivity contribution in [3.63, 3.8) is 0 Å². The smallest absolute Gasteiger partial charge is 0.348 e. The van der Waals surface area contributed by atoms with Gasteiger partial charge in [0.25, 0.3) is 5.91 Å². The maximum atomic E-state index is 13.1. The topological polar surface area (TPSA) is 64.7 Å². The molecule has 2 aromatic heterocycles. The highest BCUT2D eigenvalue weighted by Crippen LogP contribution is 2.30. The van der Waals surface area contributed by atoms with Gasteiger partial charge in [-0.15, -0.1) is 0 Å². The maximum absolute atomic E-state index is 13.1. The zero-order valence-electron chi connectivity index (χ0n) is 19.0. The predicted molar refractivity (Wildman–Crippen MR) is 122 cm³/mol. The number of hydrogen-bond donors (Lipinski definition) is 1. The van der Waals surface area contributed by atoms with Crippen molar-refractivity contribution in [3.8, 4) is 5.69 Å². The van der Waals surface area contributed by atoms with Gasteiger partial charge in [-0.3, -0.25) is 9.48 Å². The summed E-state index contributed by atoms with van der Waals surface area (Å²) >= 11 is 0. The van der Waals surface area contributed by atoms with Gasteiger partial charge in [-0.1, -0.05) is 36.4 Å². The van der Waals surface area contributed by atoms with E-state index in [-0.39, 0.29) is 18.1 Å². The normalized spacial score (nSPS) is 11.6. The number of carbonyl (C=O) groups excluding carboxylic acids is 1. The molecule has 0 aliphatic heterocycles. The average molecular weight is 467 g/mol. The highest BCUT2D eigenvalue weighted by Gasteiger charge is 2.30. The summed E-state index contributed by atoms with van der Waals surface area (Å²) in [6.07, 6.45) is -3.10. The van der Waals surface area contributed by atoms with E-state index in [0.717, 1.165) is 34.6 Å². The number of benzene rings is 2. The molecule has 1 amide bonds. The Hall–Kier alpha value is -3.88. The van der Waals surface area contributed by atoms with E-state index in [1.54, 1.807) is 6.92 Å². The molecular weight excluding hydrogens is 443 g/mol. The van der Waals surface area contributed by atoms with Crippen LogP contribution in [-0.4, -0.2) is 25.5 Å². The molecule has 0 spiro atoms. The number of halogens is 3. The molecule has 2 aromatic carbocycles. The second kappa shape index (κ2) is 9.17. The van der Waals surface area contributed by atoms with Gasteiger partial charge in [-0.2, -0.15) is 23.4 Å². The Bertz CT molecular complexity index is 1320. The lowest BCUT2D eigenvalue weighted by molar-refractivity contribution is -0.137. The van der Waals surface area contributed by atoms with E-state index < -0.39 is 11.7 Å². The lowest BCUT2D eigenvalue weighted by atomic mass is 10.1. The quantitative estimate of drug-likeness (QED) is 0.435. The Morgan fingerprint density at radius 3 is 2.44 bits per heavy atom. The second-order valence-corrected chi connectivity index (χ2v) is 8.08. The van der Waals surface area contributed by atoms with E-state index in [9.17, 15) is 18.0 Å². The van der Waals surface area contributed by atoms with Crippen LogP contribution < -0.4 is 5.32 Å². The fourth-order valence-corrected chi connectivity index (χ4v) is 3.87. The molecule has 0 fully saturated rings. The fraction of sp³-hybridized carbons (Fsp3) is 0.240. The first-order valence-electron chi connectivity index (χ1n) is 10.7. The van der Waals surface area contributed by atoms with Crippen LogP contribution in [0.5, 0.6) is 0 Å². The number of rotatable bonds is 6. The Labute approximate surface area is 195 Å². The number of aryl methyl sites for hydroxylation is 1. The highest BCUT2D eigenvalue weighted by atomic mass is 19.4. The molecule has 0 aliphatic rings. The number of hydrogen-bond acceptors (Lipinski definition) is 3. The van der Waals surface area contributed by atoms with Crippen molar-refractivity contribution in [2.45, 2.75) is 40.0 Å². The van der Waals surface area contributed by atoms with Crippen molar-refractivity contribution < 1.29 is 18.0 Å². The third-order valence-corrected chi connectivity index (χ3v) is 5.80. The fourth-order valence-electron chi connectivity index (χ4n) is 3.87. The van der Waals surface area contributed by atoms with Crippen molar-refractivity contribution in [2.75, 3.05) is 0 Å². The molecule has 4 rings (SSSR count). The minimum Gasteiger partial charge on any atom is -0.348 e. The van der Waals surface area contributed by atoms with Gasteiger partial charge in [0.1, 0.15) is 0 Å². The van der Waals surface area contributed by atoms with Gasteiger partial charge in [0.15, 0.2) is 0 Å². The van der Waals surface area contributed by atoms with Crippen molar-refractivity contribution >= 4 is 5.91 Å². The average Bonchev–Trinajstić information content (AvgIpc) is 3.31. The molecule has 0 saturated heterocycles. The lowest BCUT2D eigenvalue weighted by Crippen LogP contribution is -2.24. The van der Waals surface area contributed by atoms with E-state index in [0.29, 0.717) is 17.8 Å². The van der Waals surface area contributed by atoms with Crippen LogP contribution in [0.3, 0.4) is 0 Å². The van der Waals surface area contributed by atoms with Gasteiger partial charge in [0.05, 0.1) is 40.9 Å². The molecule has 2 heterocycles.